The zero-order valence-electron chi connectivity index (χ0n) is 11.2. The standard InChI is InChI=1S/C14H20N2O3/c1-2-14(13(18)19)6-8-15(11-14)9-10-16-7-4-3-5-12(16)17/h3-5,7H,2,6,8-11H2,1H3,(H,18,19). The van der Waals surface area contributed by atoms with Crippen molar-refractivity contribution in [3.8, 4) is 0 Å². The van der Waals surface area contributed by atoms with Crippen LogP contribution in [0.15, 0.2) is 29.2 Å². The fourth-order valence-corrected chi connectivity index (χ4v) is 2.66. The van der Waals surface area contributed by atoms with Crippen molar-refractivity contribution < 1.29 is 9.90 Å². The Morgan fingerprint density at radius 2 is 2.21 bits per heavy atom. The van der Waals surface area contributed by atoms with Crippen LogP contribution in [-0.4, -0.2) is 40.2 Å². The van der Waals surface area contributed by atoms with Gasteiger partial charge in [0.2, 0.25) is 0 Å². The normalized spacial score (nSPS) is 23.6. The molecular formula is C14H20N2O3. The summed E-state index contributed by atoms with van der Waals surface area (Å²) in [5, 5.41) is 9.33. The first-order valence-corrected chi connectivity index (χ1v) is 6.69. The lowest BCUT2D eigenvalue weighted by Crippen LogP contribution is -2.35. The molecule has 5 nitrogen and oxygen atoms in total. The van der Waals surface area contributed by atoms with Crippen LogP contribution in [-0.2, 0) is 11.3 Å². The van der Waals surface area contributed by atoms with Gasteiger partial charge in [-0.05, 0) is 25.5 Å². The summed E-state index contributed by atoms with van der Waals surface area (Å²) in [6, 6.07) is 5.10. The van der Waals surface area contributed by atoms with Crippen LogP contribution in [0.4, 0.5) is 0 Å². The predicted octanol–water partition coefficient (Wildman–Crippen LogP) is 1.03. The van der Waals surface area contributed by atoms with Gasteiger partial charge in [-0.1, -0.05) is 13.0 Å². The lowest BCUT2D eigenvalue weighted by atomic mass is 9.84. The van der Waals surface area contributed by atoms with Gasteiger partial charge in [-0.25, -0.2) is 0 Å². The highest BCUT2D eigenvalue weighted by Crippen LogP contribution is 2.33. The Bertz CT molecular complexity index is 511. The molecule has 0 aromatic carbocycles. The third kappa shape index (κ3) is 2.87. The van der Waals surface area contributed by atoms with E-state index in [2.05, 4.69) is 4.90 Å². The highest BCUT2D eigenvalue weighted by atomic mass is 16.4. The molecule has 2 heterocycles. The molecule has 0 spiro atoms. The minimum absolute atomic E-state index is 0.0123. The van der Waals surface area contributed by atoms with Crippen molar-refractivity contribution in [3.05, 3.63) is 34.7 Å². The number of nitrogens with zero attached hydrogens (tertiary/aromatic N) is 2. The molecule has 0 aliphatic carbocycles. The largest absolute Gasteiger partial charge is 0.481 e. The lowest BCUT2D eigenvalue weighted by Gasteiger charge is -2.23. The number of aliphatic carboxylic acids is 1. The number of rotatable bonds is 5. The van der Waals surface area contributed by atoms with Crippen molar-refractivity contribution >= 4 is 5.97 Å². The van der Waals surface area contributed by atoms with Crippen LogP contribution < -0.4 is 5.56 Å². The van der Waals surface area contributed by atoms with Gasteiger partial charge in [-0.2, -0.15) is 0 Å². The minimum atomic E-state index is -0.700. The van der Waals surface area contributed by atoms with Crippen LogP contribution in [0, 0.1) is 5.41 Å². The maximum atomic E-state index is 11.6. The molecule has 0 radical (unpaired) electrons. The number of aromatic nitrogens is 1. The van der Waals surface area contributed by atoms with Gasteiger partial charge in [0, 0.05) is 31.9 Å². The van der Waals surface area contributed by atoms with Crippen molar-refractivity contribution in [2.24, 2.45) is 5.41 Å². The SMILES string of the molecule is CCC1(C(=O)O)CCN(CCn2ccccc2=O)C1. The van der Waals surface area contributed by atoms with E-state index in [-0.39, 0.29) is 5.56 Å². The number of hydrogen-bond acceptors (Lipinski definition) is 3. The molecule has 5 heteroatoms. The average molecular weight is 264 g/mol. The molecular weight excluding hydrogens is 244 g/mol. The third-order valence-electron chi connectivity index (χ3n) is 4.12. The monoisotopic (exact) mass is 264 g/mol. The number of hydrogen-bond donors (Lipinski definition) is 1. The van der Waals surface area contributed by atoms with E-state index in [1.165, 1.54) is 6.07 Å². The molecule has 0 amide bonds. The number of pyridine rings is 1. The molecule has 1 aromatic heterocycles. The van der Waals surface area contributed by atoms with Crippen LogP contribution in [0.1, 0.15) is 19.8 Å². The van der Waals surface area contributed by atoms with Crippen LogP contribution in [0.5, 0.6) is 0 Å². The van der Waals surface area contributed by atoms with E-state index in [0.717, 1.165) is 13.1 Å². The zero-order valence-corrected chi connectivity index (χ0v) is 11.2. The van der Waals surface area contributed by atoms with Gasteiger partial charge in [0.15, 0.2) is 0 Å². The van der Waals surface area contributed by atoms with Gasteiger partial charge in [0.1, 0.15) is 0 Å². The molecule has 19 heavy (non-hydrogen) atoms. The summed E-state index contributed by atoms with van der Waals surface area (Å²) in [4.78, 5) is 25.0. The number of carboxylic acids is 1. The molecule has 2 rings (SSSR count). The Hall–Kier alpha value is -1.62. The van der Waals surface area contributed by atoms with Crippen LogP contribution in [0.25, 0.3) is 0 Å². The molecule has 104 valence electrons. The van der Waals surface area contributed by atoms with E-state index >= 15 is 0 Å². The number of carboxylic acid groups (broad SMARTS) is 1. The second-order valence-electron chi connectivity index (χ2n) is 5.20. The van der Waals surface area contributed by atoms with Crippen LogP contribution in [0.2, 0.25) is 0 Å². The van der Waals surface area contributed by atoms with E-state index < -0.39 is 11.4 Å². The summed E-state index contributed by atoms with van der Waals surface area (Å²) in [7, 11) is 0. The van der Waals surface area contributed by atoms with Crippen molar-refractivity contribution in [3.63, 3.8) is 0 Å². The first-order chi connectivity index (χ1) is 9.07. The Morgan fingerprint density at radius 1 is 1.42 bits per heavy atom. The van der Waals surface area contributed by atoms with E-state index in [4.69, 9.17) is 0 Å². The van der Waals surface area contributed by atoms with Crippen LogP contribution in [0.3, 0.4) is 0 Å². The molecule has 1 fully saturated rings. The molecule has 1 N–H and O–H groups in total. The second-order valence-corrected chi connectivity index (χ2v) is 5.20. The van der Waals surface area contributed by atoms with Crippen molar-refractivity contribution in [1.29, 1.82) is 0 Å². The molecule has 1 atom stereocenters. The van der Waals surface area contributed by atoms with E-state index in [1.54, 1.807) is 16.8 Å². The first kappa shape index (κ1) is 13.8. The molecule has 1 aromatic rings. The summed E-state index contributed by atoms with van der Waals surface area (Å²) in [6.07, 6.45) is 3.12. The maximum absolute atomic E-state index is 11.6. The molecule has 0 bridgehead atoms. The topological polar surface area (TPSA) is 62.5 Å². The van der Waals surface area contributed by atoms with Gasteiger partial charge >= 0.3 is 5.97 Å². The van der Waals surface area contributed by atoms with Crippen LogP contribution >= 0.6 is 0 Å². The number of carbonyl (C=O) groups is 1. The first-order valence-electron chi connectivity index (χ1n) is 6.69. The Labute approximate surface area is 112 Å². The maximum Gasteiger partial charge on any atom is 0.310 e. The second kappa shape index (κ2) is 5.57. The van der Waals surface area contributed by atoms with Gasteiger partial charge in [-0.3, -0.25) is 9.59 Å². The van der Waals surface area contributed by atoms with E-state index in [9.17, 15) is 14.7 Å². The summed E-state index contributed by atoms with van der Waals surface area (Å²) >= 11 is 0. The smallest absolute Gasteiger partial charge is 0.310 e. The quantitative estimate of drug-likeness (QED) is 0.863. The van der Waals surface area contributed by atoms with Crippen molar-refractivity contribution in [2.45, 2.75) is 26.3 Å². The highest BCUT2D eigenvalue weighted by molar-refractivity contribution is 5.75. The molecule has 0 saturated carbocycles. The van der Waals surface area contributed by atoms with Gasteiger partial charge in [0.25, 0.3) is 5.56 Å². The summed E-state index contributed by atoms with van der Waals surface area (Å²) in [6.45, 7) is 4.64. The van der Waals surface area contributed by atoms with E-state index in [0.29, 0.717) is 25.9 Å². The zero-order chi connectivity index (χ0) is 13.9. The van der Waals surface area contributed by atoms with Gasteiger partial charge in [0.05, 0.1) is 5.41 Å². The fourth-order valence-electron chi connectivity index (χ4n) is 2.66. The minimum Gasteiger partial charge on any atom is -0.481 e. The summed E-state index contributed by atoms with van der Waals surface area (Å²) in [5.74, 6) is -0.700. The van der Waals surface area contributed by atoms with Crippen molar-refractivity contribution in [1.82, 2.24) is 9.47 Å². The molecule has 1 unspecified atom stereocenters. The van der Waals surface area contributed by atoms with Crippen molar-refractivity contribution in [2.75, 3.05) is 19.6 Å². The van der Waals surface area contributed by atoms with Gasteiger partial charge in [-0.15, -0.1) is 0 Å². The third-order valence-corrected chi connectivity index (χ3v) is 4.12. The lowest BCUT2D eigenvalue weighted by molar-refractivity contribution is -0.148. The molecule has 1 aliphatic rings. The predicted molar refractivity (Wildman–Crippen MR) is 72.1 cm³/mol. The summed E-state index contributed by atoms with van der Waals surface area (Å²) in [5.41, 5.74) is -0.608. The Morgan fingerprint density at radius 3 is 2.79 bits per heavy atom. The van der Waals surface area contributed by atoms with Gasteiger partial charge < -0.3 is 14.6 Å². The Kier molecular flexibility index (Phi) is 4.04. The highest BCUT2D eigenvalue weighted by Gasteiger charge is 2.42. The summed E-state index contributed by atoms with van der Waals surface area (Å²) < 4.78 is 1.66. The number of likely N-dealkylation sites (tertiary alicyclic amines) is 1. The average Bonchev–Trinajstić information content (AvgIpc) is 2.83. The molecule has 1 saturated heterocycles. The fraction of sp³-hybridized carbons (Fsp3) is 0.571. The van der Waals surface area contributed by atoms with E-state index in [1.807, 2.05) is 13.0 Å². The molecule has 1 aliphatic heterocycles. The Balaban J connectivity index is 1.94.